The number of unbranched alkanes of at least 4 members (excludes halogenated alkanes) is 25. The van der Waals surface area contributed by atoms with E-state index < -0.39 is 67.4 Å². The first-order chi connectivity index (χ1) is 37.2. The van der Waals surface area contributed by atoms with Crippen LogP contribution in [0, 0.1) is 0 Å². The molecule has 0 aliphatic carbocycles. The minimum Gasteiger partial charge on any atom is -0.454 e. The predicted octanol–water partition coefficient (Wildman–Crippen LogP) is 14.6. The van der Waals surface area contributed by atoms with Crippen molar-refractivity contribution in [3.8, 4) is 0 Å². The van der Waals surface area contributed by atoms with Crippen molar-refractivity contribution >= 4 is 11.9 Å². The van der Waals surface area contributed by atoms with Crippen LogP contribution in [0.5, 0.6) is 0 Å². The average Bonchev–Trinajstić information content (AvgIpc) is 3.42. The molecule has 76 heavy (non-hydrogen) atoms. The Labute approximate surface area is 463 Å². The van der Waals surface area contributed by atoms with E-state index in [1.165, 1.54) is 103 Å². The highest BCUT2D eigenvalue weighted by molar-refractivity contribution is 5.80. The summed E-state index contributed by atoms with van der Waals surface area (Å²) in [4.78, 5) is 26.5. The third kappa shape index (κ3) is 40.1. The van der Waals surface area contributed by atoms with E-state index in [-0.39, 0.29) is 19.4 Å². The van der Waals surface area contributed by atoms with Crippen LogP contribution >= 0.6 is 0 Å². The van der Waals surface area contributed by atoms with Crippen LogP contribution < -0.4 is 5.32 Å². The fourth-order valence-corrected chi connectivity index (χ4v) is 9.14. The van der Waals surface area contributed by atoms with E-state index in [0.29, 0.717) is 12.8 Å². The summed E-state index contributed by atoms with van der Waals surface area (Å²) in [6.07, 6.45) is 57.6. The molecule has 1 fully saturated rings. The lowest BCUT2D eigenvalue weighted by molar-refractivity contribution is -0.305. The van der Waals surface area contributed by atoms with Gasteiger partial charge in [0.1, 0.15) is 24.4 Å². The van der Waals surface area contributed by atoms with Gasteiger partial charge in [-0.15, -0.1) is 0 Å². The van der Waals surface area contributed by atoms with Crippen molar-refractivity contribution in [2.75, 3.05) is 13.2 Å². The summed E-state index contributed by atoms with van der Waals surface area (Å²) in [7, 11) is 0. The molecule has 1 amide bonds. The minimum absolute atomic E-state index is 0.0806. The van der Waals surface area contributed by atoms with Crippen LogP contribution in [-0.2, 0) is 23.8 Å². The third-order valence-corrected chi connectivity index (χ3v) is 14.0. The van der Waals surface area contributed by atoms with Crippen molar-refractivity contribution in [3.63, 3.8) is 0 Å². The van der Waals surface area contributed by atoms with Crippen LogP contribution in [-0.4, -0.2) is 99.6 Å². The van der Waals surface area contributed by atoms with Gasteiger partial charge in [0.15, 0.2) is 12.4 Å². The van der Waals surface area contributed by atoms with E-state index in [4.69, 9.17) is 14.2 Å². The number of aliphatic hydroxyl groups is 5. The Hall–Kier alpha value is -3.16. The maximum atomic E-state index is 13.4. The van der Waals surface area contributed by atoms with Gasteiger partial charge in [-0.05, 0) is 96.3 Å². The molecule has 8 unspecified atom stereocenters. The second-order valence-corrected chi connectivity index (χ2v) is 21.0. The number of aliphatic hydroxyl groups excluding tert-OH is 5. The topological polar surface area (TPSA) is 175 Å². The normalized spacial score (nSPS) is 19.7. The first kappa shape index (κ1) is 70.9. The molecule has 1 heterocycles. The van der Waals surface area contributed by atoms with E-state index in [9.17, 15) is 35.1 Å². The number of carbonyl (C=O) groups is 2. The largest absolute Gasteiger partial charge is 0.454 e. The van der Waals surface area contributed by atoms with E-state index in [1.807, 2.05) is 6.08 Å². The van der Waals surface area contributed by atoms with Crippen molar-refractivity contribution in [1.82, 2.24) is 5.32 Å². The summed E-state index contributed by atoms with van der Waals surface area (Å²) in [6, 6.07) is -1.04. The Morgan fingerprint density at radius 2 is 0.947 bits per heavy atom. The molecule has 438 valence electrons. The fraction of sp³-hybridized carbons (Fsp3) is 0.754. The zero-order valence-corrected chi connectivity index (χ0v) is 48.3. The molecule has 0 aromatic carbocycles. The molecular weight excluding hydrogens is 955 g/mol. The van der Waals surface area contributed by atoms with E-state index in [1.54, 1.807) is 6.08 Å². The number of hydrogen-bond donors (Lipinski definition) is 6. The second-order valence-electron chi connectivity index (χ2n) is 21.0. The lowest BCUT2D eigenvalue weighted by Crippen LogP contribution is -2.61. The van der Waals surface area contributed by atoms with Crippen molar-refractivity contribution in [2.24, 2.45) is 0 Å². The van der Waals surface area contributed by atoms with Gasteiger partial charge in [-0.1, -0.05) is 234 Å². The molecule has 6 N–H and O–H groups in total. The van der Waals surface area contributed by atoms with Crippen molar-refractivity contribution in [2.45, 2.75) is 301 Å². The van der Waals surface area contributed by atoms with Crippen LogP contribution in [0.15, 0.2) is 85.1 Å². The Kier molecular flexibility index (Phi) is 49.0. The molecule has 1 saturated heterocycles. The monoisotopic (exact) mass is 1070 g/mol. The highest BCUT2D eigenvalue weighted by Crippen LogP contribution is 2.26. The van der Waals surface area contributed by atoms with Gasteiger partial charge in [-0.3, -0.25) is 9.59 Å². The van der Waals surface area contributed by atoms with Crippen LogP contribution in [0.4, 0.5) is 0 Å². The van der Waals surface area contributed by atoms with E-state index >= 15 is 0 Å². The standard InChI is InChI=1S/C65H113NO10/c1-4-7-10-13-16-19-22-25-27-29-30-31-33-35-38-41-44-47-50-53-60(70)76-63-62(72)61(71)59(54-67)75-65(63)74-55-56(57(68)51-48-45-42-39-36-24-21-18-15-12-9-6-3)66-64(73)58(69)52-49-46-43-40-37-34-32-28-26-23-20-17-14-11-8-5-2/h7,10,16,19,25-28,30-31,35,38,48,51,56-59,61-63,65,67-69,71-72H,4-6,8-9,11-15,17-18,20-24,29,32-34,36-37,39-47,49-50,52-55H2,1-3H3,(H,66,73)/b10-7-,19-16-,27-25-,28-26+,31-30-,38-35-,51-48+. The lowest BCUT2D eigenvalue weighted by Gasteiger charge is -2.41. The summed E-state index contributed by atoms with van der Waals surface area (Å²) >= 11 is 0. The maximum absolute atomic E-state index is 13.4. The molecule has 8 atom stereocenters. The van der Waals surface area contributed by atoms with Crippen LogP contribution in [0.25, 0.3) is 0 Å². The quantitative estimate of drug-likeness (QED) is 0.0195. The van der Waals surface area contributed by atoms with Gasteiger partial charge in [0.25, 0.3) is 0 Å². The van der Waals surface area contributed by atoms with Crippen LogP contribution in [0.2, 0.25) is 0 Å². The molecule has 1 aliphatic heterocycles. The molecule has 0 aromatic heterocycles. The van der Waals surface area contributed by atoms with E-state index in [2.05, 4.69) is 99.0 Å². The SMILES string of the molecule is CC/C=C\C/C=C\C/C=C\C/C=C\C/C=C\CCCCCC(=O)OC1C(OCC(NC(=O)C(O)CCCCCCCC/C=C/CCCCCCCC)C(O)/C=C/CCCCCCCCCCCC)OC(CO)C(O)C1O. The Morgan fingerprint density at radius 3 is 1.43 bits per heavy atom. The first-order valence-electron chi connectivity index (χ1n) is 30.9. The third-order valence-electron chi connectivity index (χ3n) is 14.0. The maximum Gasteiger partial charge on any atom is 0.306 e. The zero-order chi connectivity index (χ0) is 55.4. The van der Waals surface area contributed by atoms with Gasteiger partial charge in [-0.25, -0.2) is 0 Å². The van der Waals surface area contributed by atoms with Gasteiger partial charge >= 0.3 is 5.97 Å². The van der Waals surface area contributed by atoms with Gasteiger partial charge in [0, 0.05) is 6.42 Å². The number of amides is 1. The molecule has 1 aliphatic rings. The van der Waals surface area contributed by atoms with E-state index in [0.717, 1.165) is 103 Å². The molecule has 0 bridgehead atoms. The van der Waals surface area contributed by atoms with Gasteiger partial charge in [0.05, 0.1) is 25.4 Å². The highest BCUT2D eigenvalue weighted by Gasteiger charge is 2.47. The Balaban J connectivity index is 2.72. The molecule has 0 aromatic rings. The molecule has 0 spiro atoms. The lowest BCUT2D eigenvalue weighted by atomic mass is 9.99. The summed E-state index contributed by atoms with van der Waals surface area (Å²) in [5.74, 6) is -1.24. The predicted molar refractivity (Wildman–Crippen MR) is 315 cm³/mol. The number of nitrogens with one attached hydrogen (secondary N) is 1. The highest BCUT2D eigenvalue weighted by atomic mass is 16.7. The van der Waals surface area contributed by atoms with Gasteiger partial charge in [0.2, 0.25) is 5.91 Å². The molecule has 11 nitrogen and oxygen atoms in total. The first-order valence-corrected chi connectivity index (χ1v) is 30.9. The average molecular weight is 1070 g/mol. The van der Waals surface area contributed by atoms with Gasteiger partial charge in [-0.2, -0.15) is 0 Å². The van der Waals surface area contributed by atoms with Crippen LogP contribution in [0.1, 0.15) is 252 Å². The van der Waals surface area contributed by atoms with Gasteiger partial charge < -0.3 is 45.1 Å². The number of carbonyl (C=O) groups excluding carboxylic acids is 2. The zero-order valence-electron chi connectivity index (χ0n) is 48.3. The minimum atomic E-state index is -1.63. The number of ether oxygens (including phenoxy) is 3. The molecule has 0 radical (unpaired) electrons. The molecular formula is C65H113NO10. The smallest absolute Gasteiger partial charge is 0.306 e. The Bertz CT molecular complexity index is 1560. The number of allylic oxidation sites excluding steroid dienone is 13. The summed E-state index contributed by atoms with van der Waals surface area (Å²) in [5, 5.41) is 56.9. The number of rotatable bonds is 51. The number of hydrogen-bond acceptors (Lipinski definition) is 10. The summed E-state index contributed by atoms with van der Waals surface area (Å²) < 4.78 is 17.6. The molecule has 11 heteroatoms. The Morgan fingerprint density at radius 1 is 0.526 bits per heavy atom. The fourth-order valence-electron chi connectivity index (χ4n) is 9.14. The second kappa shape index (κ2) is 52.5. The van der Waals surface area contributed by atoms with Crippen molar-refractivity contribution in [3.05, 3.63) is 85.1 Å². The molecule has 0 saturated carbocycles. The number of esters is 1. The summed E-state index contributed by atoms with van der Waals surface area (Å²) in [5.41, 5.74) is 0. The van der Waals surface area contributed by atoms with Crippen LogP contribution in [0.3, 0.4) is 0 Å². The molecule has 1 rings (SSSR count). The van der Waals surface area contributed by atoms with Crippen molar-refractivity contribution < 1.29 is 49.3 Å². The summed E-state index contributed by atoms with van der Waals surface area (Å²) in [6.45, 7) is 5.64. The van der Waals surface area contributed by atoms with Crippen molar-refractivity contribution in [1.29, 1.82) is 0 Å².